The molecule has 2 N–H and O–H groups in total. The van der Waals surface area contributed by atoms with E-state index in [1.165, 1.54) is 0 Å². The largest absolute Gasteiger partial charge is 0.385 e. The van der Waals surface area contributed by atoms with E-state index in [0.717, 1.165) is 29.9 Å². The van der Waals surface area contributed by atoms with Crippen LogP contribution < -0.4 is 10.6 Å². The average molecular weight is 283 g/mol. The van der Waals surface area contributed by atoms with Crippen molar-refractivity contribution in [2.45, 2.75) is 26.8 Å². The van der Waals surface area contributed by atoms with Gasteiger partial charge in [-0.25, -0.2) is 0 Å². The molecule has 0 radical (unpaired) electrons. The van der Waals surface area contributed by atoms with Gasteiger partial charge in [-0.05, 0) is 49.2 Å². The third kappa shape index (κ3) is 4.31. The van der Waals surface area contributed by atoms with Crippen molar-refractivity contribution in [3.05, 3.63) is 59.4 Å². The van der Waals surface area contributed by atoms with Crippen LogP contribution in [0.3, 0.4) is 0 Å². The SMILES string of the molecule is CCCNc1ccc(C(=O)NCc2ccccn2)c(C)c1. The molecule has 110 valence electrons. The number of amides is 1. The van der Waals surface area contributed by atoms with Gasteiger partial charge in [-0.3, -0.25) is 9.78 Å². The molecule has 0 saturated carbocycles. The minimum atomic E-state index is -0.0693. The predicted octanol–water partition coefficient (Wildman–Crippen LogP) is 3.14. The highest BCUT2D eigenvalue weighted by Gasteiger charge is 2.09. The zero-order chi connectivity index (χ0) is 15.1. The minimum absolute atomic E-state index is 0.0693. The summed E-state index contributed by atoms with van der Waals surface area (Å²) in [5.41, 5.74) is 3.57. The average Bonchev–Trinajstić information content (AvgIpc) is 2.51. The maximum atomic E-state index is 12.2. The van der Waals surface area contributed by atoms with Gasteiger partial charge >= 0.3 is 0 Å². The molecule has 2 rings (SSSR count). The Hall–Kier alpha value is -2.36. The lowest BCUT2D eigenvalue weighted by atomic mass is 10.1. The van der Waals surface area contributed by atoms with E-state index in [0.29, 0.717) is 12.1 Å². The van der Waals surface area contributed by atoms with Gasteiger partial charge in [0.05, 0.1) is 12.2 Å². The molecule has 0 fully saturated rings. The van der Waals surface area contributed by atoms with Crippen molar-refractivity contribution in [2.75, 3.05) is 11.9 Å². The Kier molecular flexibility index (Phi) is 5.32. The van der Waals surface area contributed by atoms with Crippen LogP contribution in [0.5, 0.6) is 0 Å². The van der Waals surface area contributed by atoms with E-state index in [-0.39, 0.29) is 5.91 Å². The van der Waals surface area contributed by atoms with E-state index < -0.39 is 0 Å². The minimum Gasteiger partial charge on any atom is -0.385 e. The third-order valence-corrected chi connectivity index (χ3v) is 3.21. The lowest BCUT2D eigenvalue weighted by Gasteiger charge is -2.10. The molecule has 0 bridgehead atoms. The molecular formula is C17H21N3O. The van der Waals surface area contributed by atoms with Crippen LogP contribution in [0.2, 0.25) is 0 Å². The standard InChI is InChI=1S/C17H21N3O/c1-3-9-18-14-7-8-16(13(2)11-14)17(21)20-12-15-6-4-5-10-19-15/h4-8,10-11,18H,3,9,12H2,1-2H3,(H,20,21). The molecule has 0 aliphatic heterocycles. The second-order valence-electron chi connectivity index (χ2n) is 4.96. The number of carbonyl (C=O) groups excluding carboxylic acids is 1. The van der Waals surface area contributed by atoms with Crippen molar-refractivity contribution in [1.29, 1.82) is 0 Å². The van der Waals surface area contributed by atoms with Crippen molar-refractivity contribution in [3.63, 3.8) is 0 Å². The molecule has 1 heterocycles. The molecule has 21 heavy (non-hydrogen) atoms. The van der Waals surface area contributed by atoms with Gasteiger partial charge in [-0.15, -0.1) is 0 Å². The number of aromatic nitrogens is 1. The van der Waals surface area contributed by atoms with E-state index in [1.54, 1.807) is 6.20 Å². The zero-order valence-corrected chi connectivity index (χ0v) is 12.5. The monoisotopic (exact) mass is 283 g/mol. The molecule has 0 atom stereocenters. The van der Waals surface area contributed by atoms with Crippen LogP contribution in [0.1, 0.15) is 35.0 Å². The summed E-state index contributed by atoms with van der Waals surface area (Å²) in [5, 5.41) is 6.21. The van der Waals surface area contributed by atoms with Gasteiger partial charge in [0.25, 0.3) is 5.91 Å². The number of rotatable bonds is 6. The van der Waals surface area contributed by atoms with E-state index in [1.807, 2.05) is 43.3 Å². The lowest BCUT2D eigenvalue weighted by molar-refractivity contribution is 0.0950. The molecule has 1 aromatic heterocycles. The van der Waals surface area contributed by atoms with Crippen molar-refractivity contribution in [3.8, 4) is 0 Å². The van der Waals surface area contributed by atoms with Gasteiger partial charge in [-0.1, -0.05) is 13.0 Å². The maximum Gasteiger partial charge on any atom is 0.251 e. The van der Waals surface area contributed by atoms with Crippen LogP contribution in [0.4, 0.5) is 5.69 Å². The summed E-state index contributed by atoms with van der Waals surface area (Å²) in [6.45, 7) is 5.45. The maximum absolute atomic E-state index is 12.2. The summed E-state index contributed by atoms with van der Waals surface area (Å²) in [7, 11) is 0. The van der Waals surface area contributed by atoms with Gasteiger partial charge < -0.3 is 10.6 Å². The van der Waals surface area contributed by atoms with E-state index in [9.17, 15) is 4.79 Å². The Bertz CT molecular complexity index is 596. The van der Waals surface area contributed by atoms with Crippen LogP contribution in [0.15, 0.2) is 42.6 Å². The number of hydrogen-bond donors (Lipinski definition) is 2. The van der Waals surface area contributed by atoms with E-state index >= 15 is 0 Å². The molecule has 1 amide bonds. The Morgan fingerprint density at radius 1 is 1.24 bits per heavy atom. The van der Waals surface area contributed by atoms with Crippen LogP contribution in [0, 0.1) is 6.92 Å². The van der Waals surface area contributed by atoms with Crippen molar-refractivity contribution < 1.29 is 4.79 Å². The van der Waals surface area contributed by atoms with Gasteiger partial charge in [0.1, 0.15) is 0 Å². The first kappa shape index (κ1) is 15.0. The summed E-state index contributed by atoms with van der Waals surface area (Å²) in [6.07, 6.45) is 2.80. The second kappa shape index (κ2) is 7.43. The number of benzene rings is 1. The number of pyridine rings is 1. The molecule has 4 heteroatoms. The summed E-state index contributed by atoms with van der Waals surface area (Å²) in [6, 6.07) is 11.5. The Labute approximate surface area is 125 Å². The summed E-state index contributed by atoms with van der Waals surface area (Å²) < 4.78 is 0. The highest BCUT2D eigenvalue weighted by atomic mass is 16.1. The molecule has 0 aliphatic carbocycles. The highest BCUT2D eigenvalue weighted by molar-refractivity contribution is 5.96. The summed E-state index contributed by atoms with van der Waals surface area (Å²) in [5.74, 6) is -0.0693. The quantitative estimate of drug-likeness (QED) is 0.856. The van der Waals surface area contributed by atoms with E-state index in [4.69, 9.17) is 0 Å². The fourth-order valence-electron chi connectivity index (χ4n) is 2.07. The van der Waals surface area contributed by atoms with Crippen LogP contribution in [0.25, 0.3) is 0 Å². The Morgan fingerprint density at radius 2 is 2.10 bits per heavy atom. The first-order chi connectivity index (χ1) is 10.2. The highest BCUT2D eigenvalue weighted by Crippen LogP contribution is 2.15. The molecule has 1 aromatic carbocycles. The molecule has 0 unspecified atom stereocenters. The predicted molar refractivity (Wildman–Crippen MR) is 85.4 cm³/mol. The lowest BCUT2D eigenvalue weighted by Crippen LogP contribution is -2.24. The molecule has 4 nitrogen and oxygen atoms in total. The Balaban J connectivity index is 1.99. The molecular weight excluding hydrogens is 262 g/mol. The zero-order valence-electron chi connectivity index (χ0n) is 12.5. The Morgan fingerprint density at radius 3 is 2.76 bits per heavy atom. The van der Waals surface area contributed by atoms with Crippen molar-refractivity contribution in [1.82, 2.24) is 10.3 Å². The molecule has 0 spiro atoms. The number of carbonyl (C=O) groups is 1. The second-order valence-corrected chi connectivity index (χ2v) is 4.96. The fourth-order valence-corrected chi connectivity index (χ4v) is 2.07. The molecule has 2 aromatic rings. The first-order valence-corrected chi connectivity index (χ1v) is 7.23. The summed E-state index contributed by atoms with van der Waals surface area (Å²) in [4.78, 5) is 16.4. The van der Waals surface area contributed by atoms with Crippen LogP contribution in [-0.2, 0) is 6.54 Å². The molecule has 0 saturated heterocycles. The summed E-state index contributed by atoms with van der Waals surface area (Å²) >= 11 is 0. The fraction of sp³-hybridized carbons (Fsp3) is 0.294. The van der Waals surface area contributed by atoms with Crippen molar-refractivity contribution in [2.24, 2.45) is 0 Å². The number of nitrogens with zero attached hydrogens (tertiary/aromatic N) is 1. The number of anilines is 1. The van der Waals surface area contributed by atoms with Gasteiger partial charge in [-0.2, -0.15) is 0 Å². The van der Waals surface area contributed by atoms with Gasteiger partial charge in [0.2, 0.25) is 0 Å². The normalized spacial score (nSPS) is 10.2. The topological polar surface area (TPSA) is 54.0 Å². The number of aryl methyl sites for hydroxylation is 1. The van der Waals surface area contributed by atoms with Gasteiger partial charge in [0, 0.05) is 24.0 Å². The van der Waals surface area contributed by atoms with Crippen molar-refractivity contribution >= 4 is 11.6 Å². The molecule has 0 aliphatic rings. The van der Waals surface area contributed by atoms with Gasteiger partial charge in [0.15, 0.2) is 0 Å². The number of nitrogens with one attached hydrogen (secondary N) is 2. The smallest absolute Gasteiger partial charge is 0.251 e. The van der Waals surface area contributed by atoms with Crippen LogP contribution >= 0.6 is 0 Å². The van der Waals surface area contributed by atoms with Crippen LogP contribution in [-0.4, -0.2) is 17.4 Å². The first-order valence-electron chi connectivity index (χ1n) is 7.23. The number of hydrogen-bond acceptors (Lipinski definition) is 3. The van der Waals surface area contributed by atoms with E-state index in [2.05, 4.69) is 22.5 Å². The third-order valence-electron chi connectivity index (χ3n) is 3.21.